The number of hydrogen-bond acceptors (Lipinski definition) is 2. The molecule has 3 aromatic heterocycles. The van der Waals surface area contributed by atoms with Crippen molar-refractivity contribution in [3.05, 3.63) is 162 Å². The van der Waals surface area contributed by atoms with Crippen LogP contribution >= 0.6 is 0 Å². The number of para-hydroxylation sites is 2. The zero-order valence-electron chi connectivity index (χ0n) is 26.4. The van der Waals surface area contributed by atoms with Crippen LogP contribution in [0.4, 0.5) is 0 Å². The second-order valence-corrected chi connectivity index (χ2v) is 12.9. The molecule has 0 amide bonds. The highest BCUT2D eigenvalue weighted by atomic mass is 16.3. The summed E-state index contributed by atoms with van der Waals surface area (Å²) < 4.78 is 8.42. The smallest absolute Gasteiger partial charge is 0.135 e. The van der Waals surface area contributed by atoms with Crippen LogP contribution in [0.3, 0.4) is 0 Å². The molecule has 3 heteroatoms. The molecule has 0 spiro atoms. The molecule has 0 atom stereocenters. The minimum Gasteiger partial charge on any atom is -0.456 e. The van der Waals surface area contributed by atoms with E-state index in [0.29, 0.717) is 0 Å². The quantitative estimate of drug-likeness (QED) is 0.196. The predicted molar refractivity (Wildman–Crippen MR) is 197 cm³/mol. The standard InChI is InChI=1S/C44H32N2O/c1-4-40-34(20-16-28-17-23-43-36(25-28)35-12-6-8-15-42(35)47-43)33-11-5-7-14-41(33)46(40)30-19-22-32-31-21-18-29(39-13-9-10-24-45-39)26-37(31)44(2,3)38(32)27-30/h4-27H,1H2,2-3H3. The van der Waals surface area contributed by atoms with E-state index in [1.165, 1.54) is 27.6 Å². The van der Waals surface area contributed by atoms with Crippen LogP contribution in [0, 0.1) is 0 Å². The van der Waals surface area contributed by atoms with Crippen molar-refractivity contribution in [3.63, 3.8) is 0 Å². The molecule has 1 aliphatic rings. The lowest BCUT2D eigenvalue weighted by Gasteiger charge is -2.23. The van der Waals surface area contributed by atoms with E-state index in [0.717, 1.165) is 61.2 Å². The van der Waals surface area contributed by atoms with E-state index < -0.39 is 0 Å². The Morgan fingerprint density at radius 3 is 2.26 bits per heavy atom. The maximum absolute atomic E-state index is 6.07. The molecule has 0 bridgehead atoms. The van der Waals surface area contributed by atoms with Gasteiger partial charge in [-0.2, -0.15) is 0 Å². The molecule has 0 N–H and O–H groups in total. The van der Waals surface area contributed by atoms with Gasteiger partial charge in [-0.1, -0.05) is 99.3 Å². The summed E-state index contributed by atoms with van der Waals surface area (Å²) in [6.07, 6.45) is 8.27. The summed E-state index contributed by atoms with van der Waals surface area (Å²) in [5, 5.41) is 3.45. The van der Waals surface area contributed by atoms with Crippen molar-refractivity contribution in [2.24, 2.45) is 0 Å². The van der Waals surface area contributed by atoms with E-state index in [1.54, 1.807) is 0 Å². The first-order chi connectivity index (χ1) is 23.0. The van der Waals surface area contributed by atoms with Crippen molar-refractivity contribution < 1.29 is 4.42 Å². The van der Waals surface area contributed by atoms with Gasteiger partial charge in [-0.15, -0.1) is 0 Å². The normalized spacial score (nSPS) is 13.5. The Kier molecular flexibility index (Phi) is 6.00. The summed E-state index contributed by atoms with van der Waals surface area (Å²) in [5.41, 5.74) is 14.7. The zero-order valence-corrected chi connectivity index (χ0v) is 26.4. The maximum atomic E-state index is 6.07. The highest BCUT2D eigenvalue weighted by Crippen LogP contribution is 2.50. The third-order valence-corrected chi connectivity index (χ3v) is 9.87. The lowest BCUT2D eigenvalue weighted by Crippen LogP contribution is -2.15. The molecular formula is C44H32N2O. The maximum Gasteiger partial charge on any atom is 0.135 e. The molecular weight excluding hydrogens is 572 g/mol. The molecule has 9 rings (SSSR count). The first kappa shape index (κ1) is 27.4. The van der Waals surface area contributed by atoms with Gasteiger partial charge in [0.05, 0.1) is 16.9 Å². The number of hydrogen-bond donors (Lipinski definition) is 0. The Morgan fingerprint density at radius 1 is 0.681 bits per heavy atom. The molecule has 0 unspecified atom stereocenters. The topological polar surface area (TPSA) is 31.0 Å². The lowest BCUT2D eigenvalue weighted by atomic mass is 9.81. The van der Waals surface area contributed by atoms with Crippen molar-refractivity contribution in [2.45, 2.75) is 19.3 Å². The third kappa shape index (κ3) is 4.17. The summed E-state index contributed by atoms with van der Waals surface area (Å²) >= 11 is 0. The van der Waals surface area contributed by atoms with Crippen LogP contribution in [0.5, 0.6) is 0 Å². The highest BCUT2D eigenvalue weighted by molar-refractivity contribution is 6.06. The van der Waals surface area contributed by atoms with Crippen LogP contribution in [0.15, 0.2) is 139 Å². The molecule has 3 nitrogen and oxygen atoms in total. The van der Waals surface area contributed by atoms with Gasteiger partial charge in [0.1, 0.15) is 11.2 Å². The minimum absolute atomic E-state index is 0.165. The van der Waals surface area contributed by atoms with E-state index >= 15 is 0 Å². The van der Waals surface area contributed by atoms with Gasteiger partial charge < -0.3 is 8.98 Å². The van der Waals surface area contributed by atoms with Gasteiger partial charge in [-0.05, 0) is 88.5 Å². The van der Waals surface area contributed by atoms with Crippen LogP contribution in [-0.2, 0) is 5.41 Å². The molecule has 3 heterocycles. The van der Waals surface area contributed by atoms with Crippen molar-refractivity contribution in [1.82, 2.24) is 9.55 Å². The molecule has 0 fully saturated rings. The van der Waals surface area contributed by atoms with E-state index in [1.807, 2.05) is 36.5 Å². The van der Waals surface area contributed by atoms with Gasteiger partial charge in [0.15, 0.2) is 0 Å². The first-order valence-corrected chi connectivity index (χ1v) is 16.1. The van der Waals surface area contributed by atoms with E-state index in [4.69, 9.17) is 4.42 Å². The largest absolute Gasteiger partial charge is 0.456 e. The number of pyridine rings is 1. The SMILES string of the molecule is C=Cc1c(C=Cc2ccc3oc4ccccc4c3c2)c2ccccc2n1-c1ccc2c(c1)C(C)(C)c1cc(-c3ccccn3)ccc1-2. The average Bonchev–Trinajstić information content (AvgIpc) is 3.72. The van der Waals surface area contributed by atoms with Crippen LogP contribution in [-0.4, -0.2) is 9.55 Å². The summed E-state index contributed by atoms with van der Waals surface area (Å²) in [6.45, 7) is 8.96. The minimum atomic E-state index is -0.165. The number of nitrogens with zero attached hydrogens (tertiary/aromatic N) is 2. The Bertz CT molecular complexity index is 2560. The van der Waals surface area contributed by atoms with Gasteiger partial charge >= 0.3 is 0 Å². The number of aromatic nitrogens is 2. The fourth-order valence-electron chi connectivity index (χ4n) is 7.52. The van der Waals surface area contributed by atoms with Gasteiger partial charge in [0, 0.05) is 44.6 Å². The molecule has 0 saturated heterocycles. The number of rotatable bonds is 5. The molecule has 8 aromatic rings. The Balaban J connectivity index is 1.15. The second kappa shape index (κ2) is 10.3. The number of fused-ring (bicyclic) bond motifs is 7. The fraction of sp³-hybridized carbons (Fsp3) is 0.0682. The second-order valence-electron chi connectivity index (χ2n) is 12.9. The molecule has 0 radical (unpaired) electrons. The summed E-state index contributed by atoms with van der Waals surface area (Å²) in [7, 11) is 0. The Hall–Kier alpha value is -5.93. The van der Waals surface area contributed by atoms with Crippen LogP contribution < -0.4 is 0 Å². The van der Waals surface area contributed by atoms with Crippen LogP contribution in [0.2, 0.25) is 0 Å². The summed E-state index contributed by atoms with van der Waals surface area (Å²) in [4.78, 5) is 4.61. The van der Waals surface area contributed by atoms with Crippen LogP contribution in [0.1, 0.15) is 41.8 Å². The lowest BCUT2D eigenvalue weighted by molar-refractivity contribution is 0.660. The molecule has 0 aliphatic heterocycles. The van der Waals surface area contributed by atoms with E-state index in [9.17, 15) is 0 Å². The first-order valence-electron chi connectivity index (χ1n) is 16.1. The van der Waals surface area contributed by atoms with Crippen molar-refractivity contribution >= 4 is 51.1 Å². The average molecular weight is 605 g/mol. The summed E-state index contributed by atoms with van der Waals surface area (Å²) in [6, 6.07) is 43.0. The van der Waals surface area contributed by atoms with Crippen molar-refractivity contribution in [3.8, 4) is 28.1 Å². The van der Waals surface area contributed by atoms with E-state index in [-0.39, 0.29) is 5.41 Å². The van der Waals surface area contributed by atoms with Gasteiger partial charge in [0.2, 0.25) is 0 Å². The molecule has 5 aromatic carbocycles. The van der Waals surface area contributed by atoms with E-state index in [2.05, 4.69) is 139 Å². The summed E-state index contributed by atoms with van der Waals surface area (Å²) in [5.74, 6) is 0. The van der Waals surface area contributed by atoms with Gasteiger partial charge in [0.25, 0.3) is 0 Å². The monoisotopic (exact) mass is 604 g/mol. The molecule has 0 saturated carbocycles. The Labute approximate surface area is 273 Å². The van der Waals surface area contributed by atoms with Crippen molar-refractivity contribution in [1.29, 1.82) is 0 Å². The Morgan fingerprint density at radius 2 is 1.43 bits per heavy atom. The number of furan rings is 1. The predicted octanol–water partition coefficient (Wildman–Crippen LogP) is 11.7. The number of benzene rings is 5. The molecule has 224 valence electrons. The van der Waals surface area contributed by atoms with Gasteiger partial charge in [-0.3, -0.25) is 4.98 Å². The zero-order chi connectivity index (χ0) is 31.7. The van der Waals surface area contributed by atoms with Crippen molar-refractivity contribution in [2.75, 3.05) is 0 Å². The van der Waals surface area contributed by atoms with Gasteiger partial charge in [-0.25, -0.2) is 0 Å². The van der Waals surface area contributed by atoms with Crippen LogP contribution in [0.25, 0.3) is 79.1 Å². The third-order valence-electron chi connectivity index (χ3n) is 9.87. The molecule has 47 heavy (non-hydrogen) atoms. The fourth-order valence-corrected chi connectivity index (χ4v) is 7.52. The molecule has 1 aliphatic carbocycles. The highest BCUT2D eigenvalue weighted by Gasteiger charge is 2.36.